The average molecular weight is 414 g/mol. The van der Waals surface area contributed by atoms with Crippen molar-refractivity contribution in [3.05, 3.63) is 70.3 Å². The van der Waals surface area contributed by atoms with Gasteiger partial charge in [0.1, 0.15) is 17.5 Å². The molecule has 3 aromatic rings. The molecule has 1 atom stereocenters. The number of hydrogen-bond donors (Lipinski definition) is 2. The molecule has 0 amide bonds. The third kappa shape index (κ3) is 4.37. The maximum absolute atomic E-state index is 13.2. The first-order valence-electron chi connectivity index (χ1n) is 10.7. The maximum atomic E-state index is 13.2. The van der Waals surface area contributed by atoms with Crippen LogP contribution in [0, 0.1) is 17.2 Å². The van der Waals surface area contributed by atoms with Gasteiger partial charge in [0.15, 0.2) is 0 Å². The Bertz CT molecular complexity index is 1150. The zero-order chi connectivity index (χ0) is 21.8. The van der Waals surface area contributed by atoms with Crippen LogP contribution in [0.4, 0.5) is 5.69 Å². The summed E-state index contributed by atoms with van der Waals surface area (Å²) in [6.07, 6.45) is 3.78. The van der Waals surface area contributed by atoms with E-state index in [-0.39, 0.29) is 5.56 Å². The van der Waals surface area contributed by atoms with Gasteiger partial charge in [-0.05, 0) is 61.2 Å². The minimum absolute atomic E-state index is 0.0501. The Morgan fingerprint density at radius 2 is 2.00 bits per heavy atom. The molecule has 4 rings (SSSR count). The largest absolute Gasteiger partial charge is 0.380 e. The number of pyridine rings is 2. The molecule has 3 heterocycles. The molecule has 1 saturated heterocycles. The van der Waals surface area contributed by atoms with Crippen LogP contribution in [0.5, 0.6) is 0 Å². The number of nitrogens with one attached hydrogen (secondary N) is 2. The summed E-state index contributed by atoms with van der Waals surface area (Å²) in [5.74, 6) is 0.519. The quantitative estimate of drug-likeness (QED) is 0.646. The Labute approximate surface area is 182 Å². The second-order valence-electron chi connectivity index (χ2n) is 8.02. The fourth-order valence-corrected chi connectivity index (χ4v) is 4.09. The Hall–Kier alpha value is -3.43. The molecule has 6 nitrogen and oxygen atoms in total. The molecule has 0 unspecified atom stereocenters. The first-order valence-corrected chi connectivity index (χ1v) is 10.7. The van der Waals surface area contributed by atoms with E-state index in [0.717, 1.165) is 54.9 Å². The van der Waals surface area contributed by atoms with E-state index in [1.165, 1.54) is 5.56 Å². The minimum atomic E-state index is -0.0501. The number of nitriles is 1. The Morgan fingerprint density at radius 3 is 2.61 bits per heavy atom. The van der Waals surface area contributed by atoms with Gasteiger partial charge in [-0.2, -0.15) is 5.26 Å². The maximum Gasteiger partial charge on any atom is 0.274 e. The summed E-state index contributed by atoms with van der Waals surface area (Å²) in [7, 11) is 1.81. The van der Waals surface area contributed by atoms with Crippen molar-refractivity contribution in [1.82, 2.24) is 14.9 Å². The van der Waals surface area contributed by atoms with Crippen molar-refractivity contribution in [2.75, 3.05) is 25.0 Å². The average Bonchev–Trinajstić information content (AvgIpc) is 3.34. The van der Waals surface area contributed by atoms with Gasteiger partial charge in [0.05, 0.1) is 5.69 Å². The lowest BCUT2D eigenvalue weighted by Gasteiger charge is -2.19. The summed E-state index contributed by atoms with van der Waals surface area (Å²) in [6, 6.07) is 15.9. The Balaban J connectivity index is 1.82. The van der Waals surface area contributed by atoms with Gasteiger partial charge in [-0.15, -0.1) is 0 Å². The van der Waals surface area contributed by atoms with Gasteiger partial charge in [0, 0.05) is 30.9 Å². The van der Waals surface area contributed by atoms with Crippen molar-refractivity contribution >= 4 is 5.69 Å². The van der Waals surface area contributed by atoms with Crippen LogP contribution >= 0.6 is 0 Å². The number of nitrogens with zero attached hydrogens (tertiary/aromatic N) is 3. The summed E-state index contributed by atoms with van der Waals surface area (Å²) >= 11 is 0. The SMILES string of the molecule is CCc1ccc(-c2c(-c3ccc(C#N)nc3)cc(NC[C@H]3CCNC3)c(=O)n2C)cc1. The molecule has 1 aliphatic heterocycles. The number of rotatable bonds is 6. The molecular formula is C25H27N5O. The molecule has 0 radical (unpaired) electrons. The van der Waals surface area contributed by atoms with Crippen LogP contribution in [-0.2, 0) is 13.5 Å². The third-order valence-corrected chi connectivity index (χ3v) is 5.98. The number of aryl methyl sites for hydroxylation is 1. The fourth-order valence-electron chi connectivity index (χ4n) is 4.09. The number of benzene rings is 1. The second kappa shape index (κ2) is 9.15. The Kier molecular flexibility index (Phi) is 6.15. The van der Waals surface area contributed by atoms with E-state index in [0.29, 0.717) is 17.3 Å². The second-order valence-corrected chi connectivity index (χ2v) is 8.02. The van der Waals surface area contributed by atoms with E-state index in [4.69, 9.17) is 5.26 Å². The van der Waals surface area contributed by atoms with Crippen LogP contribution in [0.2, 0.25) is 0 Å². The lowest BCUT2D eigenvalue weighted by Crippen LogP contribution is -2.26. The van der Waals surface area contributed by atoms with Gasteiger partial charge < -0.3 is 15.2 Å². The van der Waals surface area contributed by atoms with Gasteiger partial charge in [-0.3, -0.25) is 4.79 Å². The molecule has 2 aromatic heterocycles. The third-order valence-electron chi connectivity index (χ3n) is 5.98. The summed E-state index contributed by atoms with van der Waals surface area (Å²) in [4.78, 5) is 17.5. The predicted octanol–water partition coefficient (Wildman–Crippen LogP) is 3.57. The summed E-state index contributed by atoms with van der Waals surface area (Å²) < 4.78 is 1.71. The van der Waals surface area contributed by atoms with E-state index >= 15 is 0 Å². The van der Waals surface area contributed by atoms with Gasteiger partial charge in [-0.1, -0.05) is 31.2 Å². The molecule has 1 fully saturated rings. The lowest BCUT2D eigenvalue weighted by molar-refractivity contribution is 0.614. The van der Waals surface area contributed by atoms with Crippen molar-refractivity contribution in [3.8, 4) is 28.5 Å². The highest BCUT2D eigenvalue weighted by Crippen LogP contribution is 2.32. The van der Waals surface area contributed by atoms with Crippen molar-refractivity contribution in [2.24, 2.45) is 13.0 Å². The van der Waals surface area contributed by atoms with Crippen LogP contribution in [0.3, 0.4) is 0 Å². The number of anilines is 1. The Morgan fingerprint density at radius 1 is 1.23 bits per heavy atom. The summed E-state index contributed by atoms with van der Waals surface area (Å²) in [5, 5.41) is 15.9. The van der Waals surface area contributed by atoms with Gasteiger partial charge in [-0.25, -0.2) is 4.98 Å². The normalized spacial score (nSPS) is 15.6. The van der Waals surface area contributed by atoms with Gasteiger partial charge in [0.25, 0.3) is 5.56 Å². The van der Waals surface area contributed by atoms with Gasteiger partial charge >= 0.3 is 0 Å². The minimum Gasteiger partial charge on any atom is -0.380 e. The molecule has 158 valence electrons. The van der Waals surface area contributed by atoms with E-state index in [1.807, 2.05) is 19.2 Å². The van der Waals surface area contributed by atoms with Crippen molar-refractivity contribution in [1.29, 1.82) is 5.26 Å². The van der Waals surface area contributed by atoms with Crippen molar-refractivity contribution in [3.63, 3.8) is 0 Å². The van der Waals surface area contributed by atoms with E-state index in [1.54, 1.807) is 16.8 Å². The highest BCUT2D eigenvalue weighted by atomic mass is 16.1. The van der Waals surface area contributed by atoms with Crippen LogP contribution in [-0.4, -0.2) is 29.2 Å². The first-order chi connectivity index (χ1) is 15.1. The smallest absolute Gasteiger partial charge is 0.274 e. The molecule has 0 spiro atoms. The lowest BCUT2D eigenvalue weighted by atomic mass is 9.98. The number of hydrogen-bond acceptors (Lipinski definition) is 5. The monoisotopic (exact) mass is 413 g/mol. The molecule has 0 aliphatic carbocycles. The van der Waals surface area contributed by atoms with Crippen LogP contribution in [0.1, 0.15) is 24.6 Å². The highest BCUT2D eigenvalue weighted by Gasteiger charge is 2.18. The number of aromatic nitrogens is 2. The van der Waals surface area contributed by atoms with Crippen LogP contribution in [0.15, 0.2) is 53.5 Å². The van der Waals surface area contributed by atoms with E-state index in [9.17, 15) is 4.79 Å². The molecule has 0 bridgehead atoms. The standard InChI is InChI=1S/C25H27N5O/c1-3-17-4-6-19(7-5-17)24-22(20-8-9-21(13-26)28-16-20)12-23(25(31)30(24)2)29-15-18-10-11-27-14-18/h4-9,12,16,18,27,29H,3,10-11,14-15H2,1-2H3/t18-/m0/s1. The molecular weight excluding hydrogens is 386 g/mol. The van der Waals surface area contributed by atoms with Gasteiger partial charge in [0.2, 0.25) is 0 Å². The zero-order valence-corrected chi connectivity index (χ0v) is 18.0. The summed E-state index contributed by atoms with van der Waals surface area (Å²) in [5.41, 5.74) is 5.75. The zero-order valence-electron chi connectivity index (χ0n) is 18.0. The molecule has 6 heteroatoms. The molecule has 0 saturated carbocycles. The van der Waals surface area contributed by atoms with E-state index < -0.39 is 0 Å². The van der Waals surface area contributed by atoms with Crippen molar-refractivity contribution in [2.45, 2.75) is 19.8 Å². The topological polar surface area (TPSA) is 82.7 Å². The van der Waals surface area contributed by atoms with E-state index in [2.05, 4.69) is 52.9 Å². The predicted molar refractivity (Wildman–Crippen MR) is 124 cm³/mol. The molecule has 2 N–H and O–H groups in total. The molecule has 1 aromatic carbocycles. The summed E-state index contributed by atoms with van der Waals surface area (Å²) in [6.45, 7) is 4.89. The highest BCUT2D eigenvalue weighted by molar-refractivity contribution is 5.83. The van der Waals surface area contributed by atoms with Crippen molar-refractivity contribution < 1.29 is 0 Å². The van der Waals surface area contributed by atoms with Crippen LogP contribution < -0.4 is 16.2 Å². The molecule has 1 aliphatic rings. The molecule has 31 heavy (non-hydrogen) atoms. The van der Waals surface area contributed by atoms with Crippen LogP contribution in [0.25, 0.3) is 22.4 Å². The fraction of sp³-hybridized carbons (Fsp3) is 0.320. The first kappa shape index (κ1) is 20.8.